The smallest absolute Gasteiger partial charge is 0.307 e. The standard InChI is InChI=1S/C15H19NO3S/c1-9-10(2)20-8-11(9)13(17)16-5-3-15(4-6-16)7-12(15)14(18)19/h8,12H,3-7H2,1-2H3,(H,18,19). The molecule has 1 aliphatic heterocycles. The number of carboxylic acids is 1. The van der Waals surface area contributed by atoms with E-state index >= 15 is 0 Å². The Balaban J connectivity index is 1.66. The van der Waals surface area contributed by atoms with Crippen molar-refractivity contribution in [3.63, 3.8) is 0 Å². The predicted molar refractivity (Wildman–Crippen MR) is 77.1 cm³/mol. The minimum Gasteiger partial charge on any atom is -0.481 e. The highest BCUT2D eigenvalue weighted by Crippen LogP contribution is 2.59. The number of amides is 1. The molecule has 0 aromatic carbocycles. The molecule has 1 aliphatic carbocycles. The van der Waals surface area contributed by atoms with Gasteiger partial charge in [-0.05, 0) is 44.1 Å². The van der Waals surface area contributed by atoms with Gasteiger partial charge in [0.25, 0.3) is 5.91 Å². The second-order valence-corrected chi connectivity index (χ2v) is 7.16. The molecule has 2 fully saturated rings. The zero-order chi connectivity index (χ0) is 14.5. The van der Waals surface area contributed by atoms with E-state index < -0.39 is 5.97 Å². The van der Waals surface area contributed by atoms with E-state index in [9.17, 15) is 9.59 Å². The third-order valence-corrected chi connectivity index (χ3v) is 6.06. The summed E-state index contributed by atoms with van der Waals surface area (Å²) in [5.41, 5.74) is 1.88. The van der Waals surface area contributed by atoms with Gasteiger partial charge in [0.1, 0.15) is 0 Å². The number of nitrogens with zero attached hydrogens (tertiary/aromatic N) is 1. The number of hydrogen-bond acceptors (Lipinski definition) is 3. The van der Waals surface area contributed by atoms with E-state index in [0.29, 0.717) is 13.1 Å². The molecule has 1 saturated heterocycles. The second kappa shape index (κ2) is 4.58. The lowest BCUT2D eigenvalue weighted by atomic mass is 9.90. The van der Waals surface area contributed by atoms with Crippen LogP contribution in [0.1, 0.15) is 40.1 Å². The SMILES string of the molecule is Cc1scc(C(=O)N2CCC3(CC2)CC3C(=O)O)c1C. The number of carbonyl (C=O) groups is 2. The van der Waals surface area contributed by atoms with Crippen LogP contribution in [0.3, 0.4) is 0 Å². The van der Waals surface area contributed by atoms with E-state index in [1.165, 1.54) is 4.88 Å². The van der Waals surface area contributed by atoms with Crippen molar-refractivity contribution in [3.8, 4) is 0 Å². The molecule has 1 N–H and O–H groups in total. The van der Waals surface area contributed by atoms with E-state index in [2.05, 4.69) is 0 Å². The molecule has 2 aliphatic rings. The van der Waals surface area contributed by atoms with Gasteiger partial charge in [-0.2, -0.15) is 0 Å². The molecule has 1 aromatic heterocycles. The molecule has 1 aromatic rings. The lowest BCUT2D eigenvalue weighted by molar-refractivity contribution is -0.139. The maximum absolute atomic E-state index is 12.5. The Morgan fingerprint density at radius 2 is 2.00 bits per heavy atom. The van der Waals surface area contributed by atoms with Crippen molar-refractivity contribution in [2.75, 3.05) is 13.1 Å². The fourth-order valence-electron chi connectivity index (χ4n) is 3.30. The van der Waals surface area contributed by atoms with Crippen LogP contribution in [0.25, 0.3) is 0 Å². The van der Waals surface area contributed by atoms with Crippen molar-refractivity contribution in [2.45, 2.75) is 33.1 Å². The molecule has 1 spiro atoms. The topological polar surface area (TPSA) is 57.6 Å². The van der Waals surface area contributed by atoms with Gasteiger partial charge in [0.05, 0.1) is 11.5 Å². The van der Waals surface area contributed by atoms with E-state index in [0.717, 1.165) is 30.4 Å². The molecule has 1 unspecified atom stereocenters. The summed E-state index contributed by atoms with van der Waals surface area (Å²) >= 11 is 1.61. The van der Waals surface area contributed by atoms with E-state index in [1.807, 2.05) is 24.1 Å². The lowest BCUT2D eigenvalue weighted by Crippen LogP contribution is -2.40. The fraction of sp³-hybridized carbons (Fsp3) is 0.600. The number of piperidine rings is 1. The number of likely N-dealkylation sites (tertiary alicyclic amines) is 1. The first kappa shape index (κ1) is 13.6. The van der Waals surface area contributed by atoms with E-state index in [4.69, 9.17) is 5.11 Å². The van der Waals surface area contributed by atoms with E-state index in [-0.39, 0.29) is 17.2 Å². The Morgan fingerprint density at radius 3 is 2.45 bits per heavy atom. The molecular weight excluding hydrogens is 274 g/mol. The average Bonchev–Trinajstić information content (AvgIpc) is 3.03. The maximum Gasteiger partial charge on any atom is 0.307 e. The van der Waals surface area contributed by atoms with Crippen LogP contribution in [0.2, 0.25) is 0 Å². The summed E-state index contributed by atoms with van der Waals surface area (Å²) in [5.74, 6) is -0.742. The molecule has 1 saturated carbocycles. The fourth-order valence-corrected chi connectivity index (χ4v) is 4.16. The highest BCUT2D eigenvalue weighted by Gasteiger charge is 2.59. The lowest BCUT2D eigenvalue weighted by Gasteiger charge is -2.32. The van der Waals surface area contributed by atoms with Gasteiger partial charge < -0.3 is 10.0 Å². The third-order valence-electron chi connectivity index (χ3n) is 5.05. The average molecular weight is 293 g/mol. The number of aryl methyl sites for hydroxylation is 1. The van der Waals surface area contributed by atoms with Crippen LogP contribution in [0.5, 0.6) is 0 Å². The summed E-state index contributed by atoms with van der Waals surface area (Å²) in [4.78, 5) is 26.6. The molecule has 3 rings (SSSR count). The van der Waals surface area contributed by atoms with Crippen LogP contribution >= 0.6 is 11.3 Å². The molecular formula is C15H19NO3S. The monoisotopic (exact) mass is 293 g/mol. The van der Waals surface area contributed by atoms with Crippen molar-refractivity contribution in [3.05, 3.63) is 21.4 Å². The Labute approximate surface area is 122 Å². The molecule has 108 valence electrons. The van der Waals surface area contributed by atoms with Crippen LogP contribution in [-0.4, -0.2) is 35.0 Å². The summed E-state index contributed by atoms with van der Waals surface area (Å²) in [5, 5.41) is 11.0. The molecule has 5 heteroatoms. The predicted octanol–water partition coefficient (Wildman–Crippen LogP) is 2.69. The summed E-state index contributed by atoms with van der Waals surface area (Å²) in [7, 11) is 0. The molecule has 2 heterocycles. The highest BCUT2D eigenvalue weighted by atomic mass is 32.1. The molecule has 0 radical (unpaired) electrons. The number of carboxylic acid groups (broad SMARTS) is 1. The molecule has 4 nitrogen and oxygen atoms in total. The number of carbonyl (C=O) groups excluding carboxylic acids is 1. The van der Waals surface area contributed by atoms with Gasteiger partial charge >= 0.3 is 5.97 Å². The number of rotatable bonds is 2. The van der Waals surface area contributed by atoms with Gasteiger partial charge in [0.2, 0.25) is 0 Å². The number of hydrogen-bond donors (Lipinski definition) is 1. The normalized spacial score (nSPS) is 23.9. The van der Waals surface area contributed by atoms with Gasteiger partial charge in [-0.25, -0.2) is 0 Å². The van der Waals surface area contributed by atoms with Crippen molar-refractivity contribution in [1.82, 2.24) is 4.90 Å². The number of thiophene rings is 1. The van der Waals surface area contributed by atoms with Crippen molar-refractivity contribution >= 4 is 23.2 Å². The first-order chi connectivity index (χ1) is 9.44. The van der Waals surface area contributed by atoms with E-state index in [1.54, 1.807) is 11.3 Å². The van der Waals surface area contributed by atoms with Crippen LogP contribution < -0.4 is 0 Å². The van der Waals surface area contributed by atoms with Gasteiger partial charge in [-0.15, -0.1) is 11.3 Å². The maximum atomic E-state index is 12.5. The van der Waals surface area contributed by atoms with Crippen LogP contribution in [-0.2, 0) is 4.79 Å². The summed E-state index contributed by atoms with van der Waals surface area (Å²) in [6, 6.07) is 0. The molecule has 0 bridgehead atoms. The highest BCUT2D eigenvalue weighted by molar-refractivity contribution is 7.10. The molecule has 20 heavy (non-hydrogen) atoms. The van der Waals surface area contributed by atoms with Gasteiger partial charge in [-0.1, -0.05) is 0 Å². The Kier molecular flexibility index (Phi) is 3.12. The van der Waals surface area contributed by atoms with Crippen LogP contribution in [0, 0.1) is 25.2 Å². The van der Waals surface area contributed by atoms with Crippen molar-refractivity contribution in [1.29, 1.82) is 0 Å². The molecule has 1 amide bonds. The van der Waals surface area contributed by atoms with Gasteiger partial charge in [0.15, 0.2) is 0 Å². The minimum atomic E-state index is -0.672. The Morgan fingerprint density at radius 1 is 1.35 bits per heavy atom. The Bertz CT molecular complexity index is 570. The zero-order valence-electron chi connectivity index (χ0n) is 11.8. The van der Waals surface area contributed by atoms with Crippen molar-refractivity contribution in [2.24, 2.45) is 11.3 Å². The third kappa shape index (κ3) is 2.04. The summed E-state index contributed by atoms with van der Waals surface area (Å²) in [6.45, 7) is 5.41. The van der Waals surface area contributed by atoms with Crippen LogP contribution in [0.4, 0.5) is 0 Å². The second-order valence-electron chi connectivity index (χ2n) is 6.08. The zero-order valence-corrected chi connectivity index (χ0v) is 12.6. The summed E-state index contributed by atoms with van der Waals surface area (Å²) < 4.78 is 0. The van der Waals surface area contributed by atoms with Gasteiger partial charge in [0, 0.05) is 23.3 Å². The van der Waals surface area contributed by atoms with Gasteiger partial charge in [-0.3, -0.25) is 9.59 Å². The van der Waals surface area contributed by atoms with Crippen molar-refractivity contribution < 1.29 is 14.7 Å². The first-order valence-electron chi connectivity index (χ1n) is 7.01. The number of aliphatic carboxylic acids is 1. The summed E-state index contributed by atoms with van der Waals surface area (Å²) in [6.07, 6.45) is 2.46. The van der Waals surface area contributed by atoms with Crippen LogP contribution in [0.15, 0.2) is 5.38 Å². The quantitative estimate of drug-likeness (QED) is 0.912. The largest absolute Gasteiger partial charge is 0.481 e. The first-order valence-corrected chi connectivity index (χ1v) is 7.89. The Hall–Kier alpha value is -1.36. The minimum absolute atomic E-state index is 0.0117. The molecule has 1 atom stereocenters.